The van der Waals surface area contributed by atoms with E-state index < -0.39 is 5.91 Å². The molecule has 4 N–H and O–H groups in total. The van der Waals surface area contributed by atoms with E-state index in [1.54, 1.807) is 29.8 Å². The Bertz CT molecular complexity index is 1490. The van der Waals surface area contributed by atoms with Gasteiger partial charge < -0.3 is 11.5 Å². The van der Waals surface area contributed by atoms with E-state index in [4.69, 9.17) is 23.1 Å². The summed E-state index contributed by atoms with van der Waals surface area (Å²) in [6.07, 6.45) is 3.60. The molecule has 0 radical (unpaired) electrons. The van der Waals surface area contributed by atoms with Gasteiger partial charge in [0, 0.05) is 24.6 Å². The van der Waals surface area contributed by atoms with Crippen LogP contribution in [0, 0.1) is 5.82 Å². The number of amides is 1. The van der Waals surface area contributed by atoms with Crippen molar-refractivity contribution in [1.29, 1.82) is 0 Å². The molecule has 10 heteroatoms. The van der Waals surface area contributed by atoms with Crippen molar-refractivity contribution in [2.45, 2.75) is 13.3 Å². The summed E-state index contributed by atoms with van der Waals surface area (Å²) in [6.45, 7) is 5.44. The normalized spacial score (nSPS) is 10.9. The predicted molar refractivity (Wildman–Crippen MR) is 138 cm³/mol. The van der Waals surface area contributed by atoms with Gasteiger partial charge in [0.05, 0.1) is 10.4 Å². The minimum absolute atomic E-state index is 0.0798. The van der Waals surface area contributed by atoms with Crippen LogP contribution in [0.2, 0.25) is 5.02 Å². The molecule has 1 amide bonds. The average Bonchev–Trinajstić information content (AvgIpc) is 3.11. The highest BCUT2D eigenvalue weighted by molar-refractivity contribution is 6.35. The summed E-state index contributed by atoms with van der Waals surface area (Å²) in [6, 6.07) is 13.2. The quantitative estimate of drug-likeness (QED) is 0.401. The van der Waals surface area contributed by atoms with E-state index in [-0.39, 0.29) is 22.8 Å². The van der Waals surface area contributed by atoms with E-state index in [1.807, 2.05) is 25.1 Å². The molecule has 2 aromatic heterocycles. The molecule has 0 atom stereocenters. The number of halogens is 2. The fourth-order valence-corrected chi connectivity index (χ4v) is 3.81. The van der Waals surface area contributed by atoms with Gasteiger partial charge in [0.1, 0.15) is 11.4 Å². The van der Waals surface area contributed by atoms with Crippen molar-refractivity contribution in [2.24, 2.45) is 17.8 Å². The van der Waals surface area contributed by atoms with Crippen molar-refractivity contribution in [3.05, 3.63) is 93.6 Å². The van der Waals surface area contributed by atoms with Crippen LogP contribution >= 0.6 is 11.6 Å². The molecule has 0 aliphatic heterocycles. The number of aliphatic imine (C=N–C) groups is 1. The van der Waals surface area contributed by atoms with E-state index >= 15 is 0 Å². The van der Waals surface area contributed by atoms with E-state index in [0.717, 1.165) is 11.1 Å². The number of hydrogen-bond acceptors (Lipinski definition) is 5. The van der Waals surface area contributed by atoms with Crippen LogP contribution in [0.1, 0.15) is 23.0 Å². The highest BCUT2D eigenvalue weighted by atomic mass is 35.5. The summed E-state index contributed by atoms with van der Waals surface area (Å²) in [5.74, 6) is -0.568. The molecule has 4 aromatic rings. The Morgan fingerprint density at radius 3 is 2.54 bits per heavy atom. The zero-order chi connectivity index (χ0) is 25.7. The van der Waals surface area contributed by atoms with Gasteiger partial charge in [-0.3, -0.25) is 14.2 Å². The largest absolute Gasteiger partial charge is 0.381 e. The highest BCUT2D eigenvalue weighted by Crippen LogP contribution is 2.24. The van der Waals surface area contributed by atoms with Gasteiger partial charge in [-0.15, -0.1) is 0 Å². The lowest BCUT2D eigenvalue weighted by atomic mass is 10.1. The Labute approximate surface area is 206 Å². The van der Waals surface area contributed by atoms with Crippen LogP contribution in [0.4, 0.5) is 16.0 Å². The number of allylic oxidation sites excluding steroid dienone is 1. The number of benzene rings is 2. The summed E-state index contributed by atoms with van der Waals surface area (Å²) < 4.78 is 16.1. The Hall–Kier alpha value is -4.24. The molecule has 0 bridgehead atoms. The second-order valence-corrected chi connectivity index (χ2v) is 7.80. The first-order valence-electron chi connectivity index (χ1n) is 10.6. The van der Waals surface area contributed by atoms with Crippen LogP contribution in [-0.4, -0.2) is 26.5 Å². The fourth-order valence-electron chi connectivity index (χ4n) is 3.55. The molecule has 180 valence electrons. The first kappa shape index (κ1) is 25.4. The van der Waals surface area contributed by atoms with Crippen molar-refractivity contribution < 1.29 is 9.18 Å². The number of aryl methyl sites for hydroxylation is 2. The zero-order valence-electron chi connectivity index (χ0n) is 19.2. The number of hydrogen-bond donors (Lipinski definition) is 2. The Morgan fingerprint density at radius 2 is 1.94 bits per heavy atom. The lowest BCUT2D eigenvalue weighted by Crippen LogP contribution is -2.22. The molecule has 0 aliphatic rings. The number of nitrogens with zero attached hydrogens (tertiary/aromatic N) is 4. The molecule has 35 heavy (non-hydrogen) atoms. The summed E-state index contributed by atoms with van der Waals surface area (Å²) in [4.78, 5) is 27.8. The number of anilines is 1. The number of nitrogens with two attached hydrogens (primary N) is 2. The fraction of sp³-hybridized carbons (Fsp3) is 0.120. The third-order valence-electron chi connectivity index (χ3n) is 5.11. The van der Waals surface area contributed by atoms with Gasteiger partial charge in [0.15, 0.2) is 11.6 Å². The van der Waals surface area contributed by atoms with Gasteiger partial charge >= 0.3 is 0 Å². The number of fused-ring (bicyclic) bond motifs is 1. The molecule has 0 fully saturated rings. The van der Waals surface area contributed by atoms with E-state index in [1.165, 1.54) is 29.1 Å². The van der Waals surface area contributed by atoms with Gasteiger partial charge in [-0.1, -0.05) is 43.3 Å². The van der Waals surface area contributed by atoms with Gasteiger partial charge in [-0.25, -0.2) is 14.1 Å². The lowest BCUT2D eigenvalue weighted by molar-refractivity contribution is 0.100. The van der Waals surface area contributed by atoms with Crippen molar-refractivity contribution >= 4 is 46.1 Å². The van der Waals surface area contributed by atoms with Crippen LogP contribution in [0.25, 0.3) is 16.5 Å². The SMILES string of the molecule is C=C/C=N\c1c(C(N)=O)c(N)nn1C.CCc1cc2cccc(Cl)c2c(=O)n1-c1ccc(F)cc1. The summed E-state index contributed by atoms with van der Waals surface area (Å²) in [5, 5.41) is 5.57. The molecular formula is C25H24ClFN6O2. The molecule has 0 spiro atoms. The number of carbonyl (C=O) groups is 1. The molecule has 0 aliphatic carbocycles. The highest BCUT2D eigenvalue weighted by Gasteiger charge is 2.17. The number of carbonyl (C=O) groups excluding carboxylic acids is 1. The van der Waals surface area contributed by atoms with Crippen molar-refractivity contribution in [3.8, 4) is 5.69 Å². The molecule has 2 heterocycles. The van der Waals surface area contributed by atoms with Crippen LogP contribution in [0.15, 0.2) is 71.0 Å². The molecule has 8 nitrogen and oxygen atoms in total. The van der Waals surface area contributed by atoms with Crippen LogP contribution in [-0.2, 0) is 13.5 Å². The second kappa shape index (κ2) is 10.8. The molecule has 2 aromatic carbocycles. The van der Waals surface area contributed by atoms with Gasteiger partial charge in [-0.05, 0) is 48.2 Å². The van der Waals surface area contributed by atoms with E-state index in [9.17, 15) is 14.0 Å². The van der Waals surface area contributed by atoms with Crippen molar-refractivity contribution in [2.75, 3.05) is 5.73 Å². The second-order valence-electron chi connectivity index (χ2n) is 7.40. The molecule has 0 saturated carbocycles. The molecule has 0 saturated heterocycles. The molecule has 0 unspecified atom stereocenters. The molecular weight excluding hydrogens is 471 g/mol. The summed E-state index contributed by atoms with van der Waals surface area (Å²) >= 11 is 6.17. The average molecular weight is 495 g/mol. The number of aromatic nitrogens is 3. The minimum atomic E-state index is -0.646. The number of nitrogen functional groups attached to an aromatic ring is 1. The first-order valence-corrected chi connectivity index (χ1v) is 10.9. The number of pyridine rings is 1. The van der Waals surface area contributed by atoms with Gasteiger partial charge in [0.25, 0.3) is 11.5 Å². The summed E-state index contributed by atoms with van der Waals surface area (Å²) in [7, 11) is 1.62. The van der Waals surface area contributed by atoms with E-state index in [0.29, 0.717) is 28.3 Å². The topological polar surface area (TPSA) is 121 Å². The summed E-state index contributed by atoms with van der Waals surface area (Å²) in [5.41, 5.74) is 12.1. The zero-order valence-corrected chi connectivity index (χ0v) is 20.0. The Balaban J connectivity index is 0.000000214. The third kappa shape index (κ3) is 5.30. The van der Waals surface area contributed by atoms with Crippen LogP contribution in [0.3, 0.4) is 0 Å². The Morgan fingerprint density at radius 1 is 1.26 bits per heavy atom. The smallest absolute Gasteiger partial charge is 0.264 e. The maximum absolute atomic E-state index is 13.1. The monoisotopic (exact) mass is 494 g/mol. The predicted octanol–water partition coefficient (Wildman–Crippen LogP) is 4.34. The maximum atomic E-state index is 13.1. The van der Waals surface area contributed by atoms with Crippen LogP contribution in [0.5, 0.6) is 0 Å². The number of primary amides is 1. The molecule has 4 rings (SSSR count). The lowest BCUT2D eigenvalue weighted by Gasteiger charge is -2.14. The van der Waals surface area contributed by atoms with Crippen molar-refractivity contribution in [3.63, 3.8) is 0 Å². The first-order chi connectivity index (χ1) is 16.7. The minimum Gasteiger partial charge on any atom is -0.381 e. The third-order valence-corrected chi connectivity index (χ3v) is 5.43. The van der Waals surface area contributed by atoms with Gasteiger partial charge in [0.2, 0.25) is 0 Å². The number of rotatable bonds is 5. The van der Waals surface area contributed by atoms with Crippen molar-refractivity contribution in [1.82, 2.24) is 14.3 Å². The van der Waals surface area contributed by atoms with Gasteiger partial charge in [-0.2, -0.15) is 5.10 Å². The Kier molecular flexibility index (Phi) is 7.83. The van der Waals surface area contributed by atoms with Crippen LogP contribution < -0.4 is 17.0 Å². The standard InChI is InChI=1S/C17H13ClFNO.C8H11N5O/c1-2-13-10-11-4-3-5-15(18)16(11)17(21)20(13)14-8-6-12(19)7-9-14;1-3-4-11-8-5(7(10)14)6(9)12-13(8)2/h3-10H,2H2,1H3;3-4H,1H2,2H3,(H2,9,12)(H2,10,14)/b;11-4-. The van der Waals surface area contributed by atoms with E-state index in [2.05, 4.69) is 16.7 Å². The maximum Gasteiger partial charge on any atom is 0.264 e.